The summed E-state index contributed by atoms with van der Waals surface area (Å²) in [6.07, 6.45) is 0.0942. The molecule has 1 atom stereocenters. The van der Waals surface area contributed by atoms with E-state index in [1.807, 2.05) is 55.5 Å². The van der Waals surface area contributed by atoms with Gasteiger partial charge in [0.2, 0.25) is 0 Å². The molecule has 0 bridgehead atoms. The van der Waals surface area contributed by atoms with Crippen molar-refractivity contribution in [1.29, 1.82) is 0 Å². The van der Waals surface area contributed by atoms with Gasteiger partial charge in [-0.1, -0.05) is 42.5 Å². The maximum atomic E-state index is 10.3. The second-order valence-electron chi connectivity index (χ2n) is 5.99. The van der Waals surface area contributed by atoms with Crippen LogP contribution in [0.5, 0.6) is 11.5 Å². The lowest BCUT2D eigenvalue weighted by Crippen LogP contribution is -2.38. The van der Waals surface area contributed by atoms with E-state index in [4.69, 9.17) is 9.47 Å². The Kier molecular flexibility index (Phi) is 8.45. The molecule has 146 valence electrons. The molecule has 0 heterocycles. The molecular formula is C21H29N3O3. The number of rotatable bonds is 9. The van der Waals surface area contributed by atoms with E-state index in [1.165, 1.54) is 0 Å². The van der Waals surface area contributed by atoms with Crippen LogP contribution in [0.15, 0.2) is 53.5 Å². The van der Waals surface area contributed by atoms with Gasteiger partial charge in [0.15, 0.2) is 17.5 Å². The topological polar surface area (TPSA) is 75.1 Å². The minimum atomic E-state index is -0.500. The lowest BCUT2D eigenvalue weighted by Gasteiger charge is -2.15. The van der Waals surface area contributed by atoms with Gasteiger partial charge in [-0.2, -0.15) is 0 Å². The molecule has 0 fully saturated rings. The molecule has 0 radical (unpaired) electrons. The van der Waals surface area contributed by atoms with E-state index in [0.29, 0.717) is 37.0 Å². The number of ether oxygens (including phenoxy) is 2. The van der Waals surface area contributed by atoms with Crippen LogP contribution in [0.1, 0.15) is 30.6 Å². The van der Waals surface area contributed by atoms with Gasteiger partial charge in [-0.15, -0.1) is 0 Å². The summed E-state index contributed by atoms with van der Waals surface area (Å²) in [6.45, 7) is 3.83. The van der Waals surface area contributed by atoms with Crippen molar-refractivity contribution in [3.8, 4) is 11.5 Å². The second kappa shape index (κ2) is 11.1. The number of aliphatic imine (C=N–C) groups is 1. The fourth-order valence-electron chi connectivity index (χ4n) is 2.75. The Hall–Kier alpha value is -2.73. The van der Waals surface area contributed by atoms with Gasteiger partial charge in [-0.25, -0.2) is 4.99 Å². The van der Waals surface area contributed by atoms with Gasteiger partial charge in [0.1, 0.15) is 0 Å². The molecule has 0 saturated heterocycles. The van der Waals surface area contributed by atoms with Crippen molar-refractivity contribution in [3.63, 3.8) is 0 Å². The number of nitrogens with zero attached hydrogens (tertiary/aromatic N) is 1. The molecule has 3 N–H and O–H groups in total. The Labute approximate surface area is 161 Å². The van der Waals surface area contributed by atoms with Crippen LogP contribution in [-0.2, 0) is 6.54 Å². The first-order valence-electron chi connectivity index (χ1n) is 9.14. The minimum absolute atomic E-state index is 0.455. The van der Waals surface area contributed by atoms with Crippen LogP contribution in [0, 0.1) is 0 Å². The van der Waals surface area contributed by atoms with Gasteiger partial charge < -0.3 is 25.2 Å². The van der Waals surface area contributed by atoms with E-state index < -0.39 is 6.10 Å². The average molecular weight is 371 g/mol. The van der Waals surface area contributed by atoms with Gasteiger partial charge in [-0.05, 0) is 25.0 Å². The number of nitrogens with one attached hydrogen (secondary N) is 2. The van der Waals surface area contributed by atoms with Crippen LogP contribution in [0.3, 0.4) is 0 Å². The predicted molar refractivity (Wildman–Crippen MR) is 108 cm³/mol. The monoisotopic (exact) mass is 371 g/mol. The number of hydrogen-bond acceptors (Lipinski definition) is 4. The van der Waals surface area contributed by atoms with Crippen LogP contribution in [0.25, 0.3) is 0 Å². The molecule has 2 aromatic carbocycles. The third-order valence-corrected chi connectivity index (χ3v) is 4.13. The highest BCUT2D eigenvalue weighted by molar-refractivity contribution is 5.79. The fraction of sp³-hybridized carbons (Fsp3) is 0.381. The Morgan fingerprint density at radius 2 is 1.81 bits per heavy atom. The highest BCUT2D eigenvalue weighted by atomic mass is 16.5. The SMILES string of the molecule is CCNC(=NCc1cccc(OC)c1OC)NCCC(O)c1ccccc1. The van der Waals surface area contributed by atoms with E-state index in [1.54, 1.807) is 14.2 Å². The molecule has 2 rings (SSSR count). The number of guanidine groups is 1. The quantitative estimate of drug-likeness (QED) is 0.467. The zero-order valence-electron chi connectivity index (χ0n) is 16.2. The largest absolute Gasteiger partial charge is 0.493 e. The van der Waals surface area contributed by atoms with Gasteiger partial charge >= 0.3 is 0 Å². The molecule has 0 aliphatic heterocycles. The van der Waals surface area contributed by atoms with E-state index in [9.17, 15) is 5.11 Å². The van der Waals surface area contributed by atoms with Gasteiger partial charge in [0.25, 0.3) is 0 Å². The Balaban J connectivity index is 1.96. The smallest absolute Gasteiger partial charge is 0.191 e. The number of methoxy groups -OCH3 is 2. The molecule has 6 heteroatoms. The van der Waals surface area contributed by atoms with Crippen molar-refractivity contribution in [3.05, 3.63) is 59.7 Å². The molecular weight excluding hydrogens is 342 g/mol. The third kappa shape index (κ3) is 6.18. The number of hydrogen-bond donors (Lipinski definition) is 3. The second-order valence-corrected chi connectivity index (χ2v) is 5.99. The highest BCUT2D eigenvalue weighted by Crippen LogP contribution is 2.31. The summed E-state index contributed by atoms with van der Waals surface area (Å²) in [5.41, 5.74) is 1.86. The fourth-order valence-corrected chi connectivity index (χ4v) is 2.75. The molecule has 0 aliphatic rings. The molecule has 6 nitrogen and oxygen atoms in total. The van der Waals surface area contributed by atoms with Gasteiger partial charge in [-0.3, -0.25) is 0 Å². The number of aliphatic hydroxyl groups excluding tert-OH is 1. The third-order valence-electron chi connectivity index (χ3n) is 4.13. The van der Waals surface area contributed by atoms with Crippen molar-refractivity contribution in [2.45, 2.75) is 26.0 Å². The van der Waals surface area contributed by atoms with Crippen molar-refractivity contribution < 1.29 is 14.6 Å². The first kappa shape index (κ1) is 20.6. The van der Waals surface area contributed by atoms with Crippen LogP contribution in [0.4, 0.5) is 0 Å². The summed E-state index contributed by atoms with van der Waals surface area (Å²) < 4.78 is 10.8. The van der Waals surface area contributed by atoms with Crippen molar-refractivity contribution >= 4 is 5.96 Å². The van der Waals surface area contributed by atoms with Crippen LogP contribution in [-0.4, -0.2) is 38.4 Å². The lowest BCUT2D eigenvalue weighted by atomic mass is 10.1. The highest BCUT2D eigenvalue weighted by Gasteiger charge is 2.10. The number of benzene rings is 2. The minimum Gasteiger partial charge on any atom is -0.493 e. The molecule has 27 heavy (non-hydrogen) atoms. The molecule has 0 amide bonds. The summed E-state index contributed by atoms with van der Waals surface area (Å²) in [5, 5.41) is 16.7. The van der Waals surface area contributed by atoms with E-state index in [0.717, 1.165) is 17.7 Å². The molecule has 2 aromatic rings. The van der Waals surface area contributed by atoms with Crippen molar-refractivity contribution in [2.75, 3.05) is 27.3 Å². The molecule has 0 spiro atoms. The first-order chi connectivity index (χ1) is 13.2. The summed E-state index contributed by atoms with van der Waals surface area (Å²) >= 11 is 0. The van der Waals surface area contributed by atoms with Crippen molar-refractivity contribution in [2.24, 2.45) is 4.99 Å². The molecule has 0 aliphatic carbocycles. The van der Waals surface area contributed by atoms with Gasteiger partial charge in [0.05, 0.1) is 26.9 Å². The van der Waals surface area contributed by atoms with Crippen molar-refractivity contribution in [1.82, 2.24) is 10.6 Å². The van der Waals surface area contributed by atoms with E-state index in [-0.39, 0.29) is 0 Å². The zero-order chi connectivity index (χ0) is 19.5. The first-order valence-corrected chi connectivity index (χ1v) is 9.14. The van der Waals surface area contributed by atoms with E-state index >= 15 is 0 Å². The number of para-hydroxylation sites is 1. The Bertz CT molecular complexity index is 720. The average Bonchev–Trinajstić information content (AvgIpc) is 2.72. The normalized spacial score (nSPS) is 12.4. The standard InChI is InChI=1S/C21H29N3O3/c1-4-22-21(23-14-13-18(25)16-9-6-5-7-10-16)24-15-17-11-8-12-19(26-2)20(17)27-3/h5-12,18,25H,4,13-15H2,1-3H3,(H2,22,23,24). The van der Waals surface area contributed by atoms with Crippen LogP contribution < -0.4 is 20.1 Å². The maximum absolute atomic E-state index is 10.3. The lowest BCUT2D eigenvalue weighted by molar-refractivity contribution is 0.168. The summed E-state index contributed by atoms with van der Waals surface area (Å²) in [5.74, 6) is 2.08. The summed E-state index contributed by atoms with van der Waals surface area (Å²) in [7, 11) is 3.24. The predicted octanol–water partition coefficient (Wildman–Crippen LogP) is 2.88. The molecule has 1 unspecified atom stereocenters. The number of aliphatic hydroxyl groups is 1. The maximum Gasteiger partial charge on any atom is 0.191 e. The van der Waals surface area contributed by atoms with Crippen LogP contribution in [0.2, 0.25) is 0 Å². The molecule has 0 saturated carbocycles. The Morgan fingerprint density at radius 3 is 2.48 bits per heavy atom. The zero-order valence-corrected chi connectivity index (χ0v) is 16.2. The Morgan fingerprint density at radius 1 is 1.04 bits per heavy atom. The van der Waals surface area contributed by atoms with Crippen LogP contribution >= 0.6 is 0 Å². The van der Waals surface area contributed by atoms with E-state index in [2.05, 4.69) is 15.6 Å². The summed E-state index contributed by atoms with van der Waals surface area (Å²) in [4.78, 5) is 4.61. The molecule has 0 aromatic heterocycles. The summed E-state index contributed by atoms with van der Waals surface area (Å²) in [6, 6.07) is 15.4. The van der Waals surface area contributed by atoms with Gasteiger partial charge in [0, 0.05) is 18.7 Å².